The minimum Gasteiger partial charge on any atom is -0.449 e. The Bertz CT molecular complexity index is 746. The Balaban J connectivity index is 1.49. The van der Waals surface area contributed by atoms with Gasteiger partial charge in [0.05, 0.1) is 0 Å². The molecular weight excluding hydrogens is 298 g/mol. The van der Waals surface area contributed by atoms with Crippen LogP contribution in [0.1, 0.15) is 36.3 Å². The molecule has 2 aliphatic rings. The first-order chi connectivity index (χ1) is 11.7. The SMILES string of the molecule is C=CCC1(NC(=O)OCC2c3ccccc3-c3ccccc32)CC1. The Kier molecular flexibility index (Phi) is 3.64. The highest BCUT2D eigenvalue weighted by Gasteiger charge is 2.43. The number of amides is 1. The standard InChI is InChI=1S/C21H21NO2/c1-2-11-21(12-13-21)22-20(23)24-14-19-17-9-5-3-7-15(17)16-8-4-6-10-18(16)19/h2-10,19H,1,11-14H2,(H,22,23). The summed E-state index contributed by atoms with van der Waals surface area (Å²) in [4.78, 5) is 12.2. The first-order valence-electron chi connectivity index (χ1n) is 8.46. The van der Waals surface area contributed by atoms with Gasteiger partial charge >= 0.3 is 6.09 Å². The van der Waals surface area contributed by atoms with E-state index >= 15 is 0 Å². The van der Waals surface area contributed by atoms with Gasteiger partial charge in [-0.15, -0.1) is 6.58 Å². The number of benzene rings is 2. The minimum absolute atomic E-state index is 0.107. The van der Waals surface area contributed by atoms with Gasteiger partial charge in [0.2, 0.25) is 0 Å². The predicted octanol–water partition coefficient (Wildman–Crippen LogP) is 4.63. The lowest BCUT2D eigenvalue weighted by Gasteiger charge is -2.18. The third-order valence-corrected chi connectivity index (χ3v) is 5.10. The van der Waals surface area contributed by atoms with Gasteiger partial charge in [0.1, 0.15) is 6.61 Å². The largest absolute Gasteiger partial charge is 0.449 e. The van der Waals surface area contributed by atoms with Crippen LogP contribution in [-0.2, 0) is 4.74 Å². The molecule has 0 atom stereocenters. The van der Waals surface area contributed by atoms with Crippen molar-refractivity contribution in [3.63, 3.8) is 0 Å². The van der Waals surface area contributed by atoms with Gasteiger partial charge in [-0.05, 0) is 41.5 Å². The summed E-state index contributed by atoms with van der Waals surface area (Å²) in [6, 6.07) is 16.7. The van der Waals surface area contributed by atoms with E-state index in [1.165, 1.54) is 22.3 Å². The lowest BCUT2D eigenvalue weighted by atomic mass is 9.98. The summed E-state index contributed by atoms with van der Waals surface area (Å²) < 4.78 is 5.58. The second-order valence-corrected chi connectivity index (χ2v) is 6.72. The third kappa shape index (κ3) is 2.60. The summed E-state index contributed by atoms with van der Waals surface area (Å²) in [5.74, 6) is 0.109. The van der Waals surface area contributed by atoms with Crippen LogP contribution in [0.15, 0.2) is 61.2 Å². The summed E-state index contributed by atoms with van der Waals surface area (Å²) >= 11 is 0. The first kappa shape index (κ1) is 15.0. The van der Waals surface area contributed by atoms with Gasteiger partial charge in [-0.3, -0.25) is 0 Å². The Hall–Kier alpha value is -2.55. The van der Waals surface area contributed by atoms with E-state index in [0.29, 0.717) is 6.61 Å². The molecule has 3 heteroatoms. The van der Waals surface area contributed by atoms with Crippen molar-refractivity contribution in [1.29, 1.82) is 0 Å². The lowest BCUT2D eigenvalue weighted by molar-refractivity contribution is 0.138. The summed E-state index contributed by atoms with van der Waals surface area (Å²) in [6.45, 7) is 4.13. The molecule has 122 valence electrons. The zero-order valence-electron chi connectivity index (χ0n) is 13.6. The lowest BCUT2D eigenvalue weighted by Crippen LogP contribution is -2.37. The van der Waals surface area contributed by atoms with Crippen molar-refractivity contribution in [1.82, 2.24) is 5.32 Å². The second kappa shape index (κ2) is 5.82. The number of fused-ring (bicyclic) bond motifs is 3. The molecule has 0 bridgehead atoms. The molecule has 0 aromatic heterocycles. The van der Waals surface area contributed by atoms with E-state index in [2.05, 4.69) is 48.3 Å². The molecular formula is C21H21NO2. The molecule has 4 rings (SSSR count). The van der Waals surface area contributed by atoms with Crippen LogP contribution in [0.4, 0.5) is 4.79 Å². The smallest absolute Gasteiger partial charge is 0.407 e. The molecule has 1 saturated carbocycles. The fourth-order valence-corrected chi connectivity index (χ4v) is 3.66. The number of alkyl carbamates (subject to hydrolysis) is 1. The molecule has 0 unspecified atom stereocenters. The summed E-state index contributed by atoms with van der Waals surface area (Å²) in [5, 5.41) is 3.01. The van der Waals surface area contributed by atoms with Crippen molar-refractivity contribution in [2.75, 3.05) is 6.61 Å². The monoisotopic (exact) mass is 319 g/mol. The zero-order chi connectivity index (χ0) is 16.6. The van der Waals surface area contributed by atoms with Crippen LogP contribution in [0.3, 0.4) is 0 Å². The number of nitrogens with one attached hydrogen (secondary N) is 1. The molecule has 0 saturated heterocycles. The Morgan fingerprint density at radius 2 is 1.71 bits per heavy atom. The molecule has 1 amide bonds. The molecule has 24 heavy (non-hydrogen) atoms. The summed E-state index contributed by atoms with van der Waals surface area (Å²) in [7, 11) is 0. The van der Waals surface area contributed by atoms with Crippen molar-refractivity contribution in [3.8, 4) is 11.1 Å². The van der Waals surface area contributed by atoms with Gasteiger partial charge < -0.3 is 10.1 Å². The Morgan fingerprint density at radius 3 is 2.25 bits per heavy atom. The number of hydrogen-bond acceptors (Lipinski definition) is 2. The van der Waals surface area contributed by atoms with Gasteiger partial charge in [0.15, 0.2) is 0 Å². The molecule has 2 aromatic rings. The average molecular weight is 319 g/mol. The van der Waals surface area contributed by atoms with E-state index in [-0.39, 0.29) is 17.6 Å². The molecule has 0 heterocycles. The number of rotatable bonds is 5. The number of carbonyl (C=O) groups is 1. The first-order valence-corrected chi connectivity index (χ1v) is 8.46. The van der Waals surface area contributed by atoms with Crippen LogP contribution in [0.25, 0.3) is 11.1 Å². The maximum Gasteiger partial charge on any atom is 0.407 e. The molecule has 0 aliphatic heterocycles. The Labute approximate surface area is 142 Å². The van der Waals surface area contributed by atoms with E-state index in [0.717, 1.165) is 19.3 Å². The fraction of sp³-hybridized carbons (Fsp3) is 0.286. The normalized spacial score (nSPS) is 16.8. The second-order valence-electron chi connectivity index (χ2n) is 6.72. The maximum absolute atomic E-state index is 12.2. The molecule has 0 spiro atoms. The van der Waals surface area contributed by atoms with Crippen LogP contribution < -0.4 is 5.32 Å². The van der Waals surface area contributed by atoms with Gasteiger partial charge in [-0.1, -0.05) is 54.6 Å². The van der Waals surface area contributed by atoms with E-state index < -0.39 is 0 Å². The highest BCUT2D eigenvalue weighted by atomic mass is 16.5. The van der Waals surface area contributed by atoms with Crippen molar-refractivity contribution >= 4 is 6.09 Å². The molecule has 3 nitrogen and oxygen atoms in total. The average Bonchev–Trinajstić information content (AvgIpc) is 3.27. The molecule has 2 aromatic carbocycles. The molecule has 0 radical (unpaired) electrons. The van der Waals surface area contributed by atoms with Crippen LogP contribution in [0.5, 0.6) is 0 Å². The topological polar surface area (TPSA) is 38.3 Å². The Morgan fingerprint density at radius 1 is 1.12 bits per heavy atom. The van der Waals surface area contributed by atoms with Crippen LogP contribution in [0, 0.1) is 0 Å². The summed E-state index contributed by atoms with van der Waals surface area (Å²) in [6.07, 6.45) is 4.34. The number of ether oxygens (including phenoxy) is 1. The molecule has 1 fully saturated rings. The number of carbonyl (C=O) groups excluding carboxylic acids is 1. The van der Waals surface area contributed by atoms with Gasteiger partial charge in [-0.2, -0.15) is 0 Å². The fourth-order valence-electron chi connectivity index (χ4n) is 3.66. The van der Waals surface area contributed by atoms with Gasteiger partial charge in [0.25, 0.3) is 0 Å². The van der Waals surface area contributed by atoms with E-state index in [1.807, 2.05) is 18.2 Å². The predicted molar refractivity (Wildman–Crippen MR) is 95.0 cm³/mol. The highest BCUT2D eigenvalue weighted by Crippen LogP contribution is 2.44. The van der Waals surface area contributed by atoms with E-state index in [9.17, 15) is 4.79 Å². The van der Waals surface area contributed by atoms with Crippen molar-refractivity contribution in [2.24, 2.45) is 0 Å². The zero-order valence-corrected chi connectivity index (χ0v) is 13.6. The van der Waals surface area contributed by atoms with Crippen molar-refractivity contribution in [3.05, 3.63) is 72.3 Å². The summed E-state index contributed by atoms with van der Waals surface area (Å²) in [5.41, 5.74) is 4.85. The quantitative estimate of drug-likeness (QED) is 0.816. The highest BCUT2D eigenvalue weighted by molar-refractivity contribution is 5.79. The van der Waals surface area contributed by atoms with Gasteiger partial charge in [-0.25, -0.2) is 4.79 Å². The number of hydrogen-bond donors (Lipinski definition) is 1. The minimum atomic E-state index is -0.323. The van der Waals surface area contributed by atoms with Gasteiger partial charge in [0, 0.05) is 11.5 Å². The van der Waals surface area contributed by atoms with Crippen LogP contribution in [0.2, 0.25) is 0 Å². The third-order valence-electron chi connectivity index (χ3n) is 5.10. The van der Waals surface area contributed by atoms with E-state index in [4.69, 9.17) is 4.74 Å². The van der Waals surface area contributed by atoms with Crippen molar-refractivity contribution in [2.45, 2.75) is 30.7 Å². The molecule has 1 N–H and O–H groups in total. The van der Waals surface area contributed by atoms with Crippen LogP contribution >= 0.6 is 0 Å². The molecule has 2 aliphatic carbocycles. The van der Waals surface area contributed by atoms with Crippen LogP contribution in [-0.4, -0.2) is 18.2 Å². The van der Waals surface area contributed by atoms with E-state index in [1.54, 1.807) is 0 Å². The maximum atomic E-state index is 12.2. The van der Waals surface area contributed by atoms with Crippen molar-refractivity contribution < 1.29 is 9.53 Å².